The van der Waals surface area contributed by atoms with E-state index in [1.54, 1.807) is 0 Å². The summed E-state index contributed by atoms with van der Waals surface area (Å²) in [5.41, 5.74) is 1.17. The van der Waals surface area contributed by atoms with Gasteiger partial charge in [0.1, 0.15) is 11.5 Å². The van der Waals surface area contributed by atoms with Gasteiger partial charge in [-0.05, 0) is 51.3 Å². The van der Waals surface area contributed by atoms with Crippen LogP contribution in [0, 0.1) is 6.92 Å². The highest BCUT2D eigenvalue weighted by molar-refractivity contribution is 5.38. The van der Waals surface area contributed by atoms with Crippen molar-refractivity contribution in [1.29, 1.82) is 0 Å². The maximum absolute atomic E-state index is 5.82. The zero-order valence-corrected chi connectivity index (χ0v) is 11.6. The van der Waals surface area contributed by atoms with Gasteiger partial charge in [-0.15, -0.1) is 0 Å². The topological polar surface area (TPSA) is 18.5 Å². The highest BCUT2D eigenvalue weighted by atomic mass is 16.5. The molecule has 2 heteroatoms. The van der Waals surface area contributed by atoms with Crippen LogP contribution in [0.1, 0.15) is 46.1 Å². The summed E-state index contributed by atoms with van der Waals surface area (Å²) in [7, 11) is 0. The molecular formula is C15H24O2. The van der Waals surface area contributed by atoms with Crippen molar-refractivity contribution in [2.45, 2.75) is 59.7 Å². The second-order valence-electron chi connectivity index (χ2n) is 4.66. The summed E-state index contributed by atoms with van der Waals surface area (Å²) in [6.07, 6.45) is 2.51. The first-order valence-electron chi connectivity index (χ1n) is 6.50. The lowest BCUT2D eigenvalue weighted by atomic mass is 10.2. The van der Waals surface area contributed by atoms with Crippen molar-refractivity contribution in [2.75, 3.05) is 0 Å². The molecule has 0 saturated heterocycles. The van der Waals surface area contributed by atoms with Crippen LogP contribution in [0.3, 0.4) is 0 Å². The van der Waals surface area contributed by atoms with Crippen LogP contribution in [-0.4, -0.2) is 12.2 Å². The normalized spacial score (nSPS) is 14.2. The highest BCUT2D eigenvalue weighted by Crippen LogP contribution is 2.25. The molecule has 1 aromatic rings. The van der Waals surface area contributed by atoms with E-state index in [-0.39, 0.29) is 12.2 Å². The molecule has 0 aliphatic carbocycles. The lowest BCUT2D eigenvalue weighted by molar-refractivity contribution is 0.205. The molecule has 0 amide bonds. The van der Waals surface area contributed by atoms with Crippen LogP contribution in [0.15, 0.2) is 18.2 Å². The van der Waals surface area contributed by atoms with Crippen molar-refractivity contribution in [2.24, 2.45) is 0 Å². The summed E-state index contributed by atoms with van der Waals surface area (Å²) in [5, 5.41) is 0. The van der Waals surface area contributed by atoms with Crippen LogP contribution in [0.2, 0.25) is 0 Å². The molecule has 1 rings (SSSR count). The molecule has 0 aromatic heterocycles. The average Bonchev–Trinajstić information content (AvgIpc) is 2.27. The third kappa shape index (κ3) is 4.68. The van der Waals surface area contributed by atoms with Gasteiger partial charge in [-0.25, -0.2) is 0 Å². The van der Waals surface area contributed by atoms with E-state index >= 15 is 0 Å². The van der Waals surface area contributed by atoms with Gasteiger partial charge in [0, 0.05) is 6.07 Å². The van der Waals surface area contributed by atoms with Crippen molar-refractivity contribution in [3.63, 3.8) is 0 Å². The molecule has 0 bridgehead atoms. The summed E-state index contributed by atoms with van der Waals surface area (Å²) in [5.74, 6) is 1.80. The zero-order valence-electron chi connectivity index (χ0n) is 11.6. The van der Waals surface area contributed by atoms with E-state index < -0.39 is 0 Å². The van der Waals surface area contributed by atoms with Gasteiger partial charge in [0.15, 0.2) is 0 Å². The second-order valence-corrected chi connectivity index (χ2v) is 4.66. The molecule has 1 aromatic carbocycles. The Hall–Kier alpha value is -1.18. The fourth-order valence-electron chi connectivity index (χ4n) is 1.48. The smallest absolute Gasteiger partial charge is 0.123 e. The summed E-state index contributed by atoms with van der Waals surface area (Å²) in [6, 6.07) is 6.08. The predicted octanol–water partition coefficient (Wildman–Crippen LogP) is 4.35. The molecule has 0 spiro atoms. The Morgan fingerprint density at radius 3 is 1.65 bits per heavy atom. The maximum Gasteiger partial charge on any atom is 0.123 e. The number of hydrogen-bond donors (Lipinski definition) is 0. The standard InChI is InChI=1S/C15H24O2/c1-6-12(4)16-14-8-11(3)9-15(10-14)17-13(5)7-2/h8-10,12-13H,6-7H2,1-5H3. The Bertz CT molecular complexity index is 317. The van der Waals surface area contributed by atoms with Crippen molar-refractivity contribution in [1.82, 2.24) is 0 Å². The number of ether oxygens (including phenoxy) is 2. The van der Waals surface area contributed by atoms with Crippen LogP contribution < -0.4 is 9.47 Å². The summed E-state index contributed by atoms with van der Waals surface area (Å²) < 4.78 is 11.6. The lowest BCUT2D eigenvalue weighted by Gasteiger charge is -2.17. The largest absolute Gasteiger partial charge is 0.491 e. The number of rotatable bonds is 6. The molecular weight excluding hydrogens is 212 g/mol. The Kier molecular flexibility index (Phi) is 5.33. The van der Waals surface area contributed by atoms with E-state index in [0.29, 0.717) is 0 Å². The van der Waals surface area contributed by atoms with Gasteiger partial charge in [0.2, 0.25) is 0 Å². The Morgan fingerprint density at radius 1 is 0.882 bits per heavy atom. The van der Waals surface area contributed by atoms with Crippen molar-refractivity contribution in [3.8, 4) is 11.5 Å². The number of hydrogen-bond acceptors (Lipinski definition) is 2. The SMILES string of the molecule is CCC(C)Oc1cc(C)cc(OC(C)CC)c1. The van der Waals surface area contributed by atoms with E-state index in [0.717, 1.165) is 24.3 Å². The van der Waals surface area contributed by atoms with Gasteiger partial charge in [-0.1, -0.05) is 13.8 Å². The first-order chi connectivity index (χ1) is 8.05. The van der Waals surface area contributed by atoms with Gasteiger partial charge < -0.3 is 9.47 Å². The van der Waals surface area contributed by atoms with E-state index in [4.69, 9.17) is 9.47 Å². The van der Waals surface area contributed by atoms with Crippen molar-refractivity contribution >= 4 is 0 Å². The van der Waals surface area contributed by atoms with Crippen molar-refractivity contribution in [3.05, 3.63) is 23.8 Å². The Balaban J connectivity index is 2.79. The lowest BCUT2D eigenvalue weighted by Crippen LogP contribution is -2.12. The summed E-state index contributed by atoms with van der Waals surface area (Å²) in [4.78, 5) is 0. The molecule has 0 heterocycles. The van der Waals surface area contributed by atoms with E-state index in [9.17, 15) is 0 Å². The first kappa shape index (κ1) is 13.9. The van der Waals surface area contributed by atoms with Crippen molar-refractivity contribution < 1.29 is 9.47 Å². The van der Waals surface area contributed by atoms with Crippen LogP contribution in [0.25, 0.3) is 0 Å². The molecule has 2 atom stereocenters. The van der Waals surface area contributed by atoms with Gasteiger partial charge in [-0.3, -0.25) is 0 Å². The zero-order chi connectivity index (χ0) is 12.8. The highest BCUT2D eigenvalue weighted by Gasteiger charge is 2.06. The predicted molar refractivity (Wildman–Crippen MR) is 71.9 cm³/mol. The Labute approximate surface area is 105 Å². The molecule has 17 heavy (non-hydrogen) atoms. The first-order valence-corrected chi connectivity index (χ1v) is 6.50. The van der Waals surface area contributed by atoms with Gasteiger partial charge in [-0.2, -0.15) is 0 Å². The van der Waals surface area contributed by atoms with Gasteiger partial charge in [0.25, 0.3) is 0 Å². The van der Waals surface area contributed by atoms with Crippen LogP contribution >= 0.6 is 0 Å². The van der Waals surface area contributed by atoms with Crippen LogP contribution in [0.5, 0.6) is 11.5 Å². The number of benzene rings is 1. The van der Waals surface area contributed by atoms with E-state index in [2.05, 4.69) is 46.8 Å². The Morgan fingerprint density at radius 2 is 1.29 bits per heavy atom. The molecule has 0 saturated carbocycles. The minimum absolute atomic E-state index is 0.244. The molecule has 2 nitrogen and oxygen atoms in total. The monoisotopic (exact) mass is 236 g/mol. The molecule has 0 N–H and O–H groups in total. The number of aryl methyl sites for hydroxylation is 1. The average molecular weight is 236 g/mol. The molecule has 2 unspecified atom stereocenters. The third-order valence-corrected chi connectivity index (χ3v) is 2.85. The molecule has 96 valence electrons. The minimum Gasteiger partial charge on any atom is -0.491 e. The van der Waals surface area contributed by atoms with Crippen LogP contribution in [-0.2, 0) is 0 Å². The third-order valence-electron chi connectivity index (χ3n) is 2.85. The molecule has 0 aliphatic heterocycles. The maximum atomic E-state index is 5.82. The summed E-state index contributed by atoms with van der Waals surface area (Å²) >= 11 is 0. The fraction of sp³-hybridized carbons (Fsp3) is 0.600. The summed E-state index contributed by atoms with van der Waals surface area (Å²) in [6.45, 7) is 10.5. The second kappa shape index (κ2) is 6.53. The van der Waals surface area contributed by atoms with Crippen LogP contribution in [0.4, 0.5) is 0 Å². The quantitative estimate of drug-likeness (QED) is 0.731. The van der Waals surface area contributed by atoms with E-state index in [1.165, 1.54) is 5.56 Å². The fourth-order valence-corrected chi connectivity index (χ4v) is 1.48. The minimum atomic E-state index is 0.244. The molecule has 0 fully saturated rings. The van der Waals surface area contributed by atoms with E-state index in [1.807, 2.05) is 6.07 Å². The van der Waals surface area contributed by atoms with Gasteiger partial charge in [0.05, 0.1) is 12.2 Å². The molecule has 0 aliphatic rings. The van der Waals surface area contributed by atoms with Gasteiger partial charge >= 0.3 is 0 Å². The molecule has 0 radical (unpaired) electrons.